The van der Waals surface area contributed by atoms with Crippen LogP contribution in [0.15, 0.2) is 30.3 Å². The highest BCUT2D eigenvalue weighted by Gasteiger charge is 2.25. The topological polar surface area (TPSA) is 55.8 Å². The first-order valence-electron chi connectivity index (χ1n) is 8.63. The van der Waals surface area contributed by atoms with Crippen molar-refractivity contribution in [2.75, 3.05) is 13.2 Å². The van der Waals surface area contributed by atoms with Gasteiger partial charge in [0.25, 0.3) is 0 Å². The summed E-state index contributed by atoms with van der Waals surface area (Å²) in [5, 5.41) is 9.08. The molecule has 0 atom stereocenters. The number of benzene rings is 1. The number of carbonyl (C=O) groups is 1. The fraction of sp³-hybridized carbons (Fsp3) is 0.550. The smallest absolute Gasteiger partial charge is 0.309 e. The third-order valence-corrected chi connectivity index (χ3v) is 3.91. The molecule has 4 heteroatoms. The van der Waals surface area contributed by atoms with E-state index < -0.39 is 11.4 Å². The molecule has 0 spiro atoms. The maximum absolute atomic E-state index is 11.0. The zero-order valence-electron chi connectivity index (χ0n) is 15.2. The average Bonchev–Trinajstić information content (AvgIpc) is 2.55. The third kappa shape index (κ3) is 6.85. The molecule has 0 bridgehead atoms. The lowest BCUT2D eigenvalue weighted by Gasteiger charge is -2.18. The molecule has 1 N–H and O–H groups in total. The van der Waals surface area contributed by atoms with Crippen LogP contribution >= 0.6 is 0 Å². The Labute approximate surface area is 145 Å². The molecule has 0 unspecified atom stereocenters. The van der Waals surface area contributed by atoms with Gasteiger partial charge in [0.2, 0.25) is 0 Å². The van der Waals surface area contributed by atoms with Crippen LogP contribution in [0.3, 0.4) is 0 Å². The Balaban J connectivity index is 2.50. The summed E-state index contributed by atoms with van der Waals surface area (Å²) in [6.07, 6.45) is 6.26. The number of ether oxygens (including phenoxy) is 2. The van der Waals surface area contributed by atoms with E-state index in [1.54, 1.807) is 13.8 Å². The van der Waals surface area contributed by atoms with Crippen molar-refractivity contribution in [2.45, 2.75) is 53.2 Å². The summed E-state index contributed by atoms with van der Waals surface area (Å²) >= 11 is 0. The Kier molecular flexibility index (Phi) is 8.72. The lowest BCUT2D eigenvalue weighted by Crippen LogP contribution is -2.23. The summed E-state index contributed by atoms with van der Waals surface area (Å²) in [5.74, 6) is -0.736. The minimum Gasteiger partial charge on any atom is -0.481 e. The van der Waals surface area contributed by atoms with Crippen molar-refractivity contribution in [2.24, 2.45) is 5.41 Å². The lowest BCUT2D eigenvalue weighted by atomic mass is 9.87. The molecular weight excluding hydrogens is 304 g/mol. The van der Waals surface area contributed by atoms with Crippen LogP contribution in [0, 0.1) is 5.41 Å². The Hall–Kier alpha value is -1.65. The van der Waals surface area contributed by atoms with Gasteiger partial charge in [-0.15, -0.1) is 0 Å². The van der Waals surface area contributed by atoms with Crippen LogP contribution in [-0.2, 0) is 14.3 Å². The molecule has 0 saturated heterocycles. The molecule has 0 aliphatic heterocycles. The molecule has 1 aromatic carbocycles. The van der Waals surface area contributed by atoms with E-state index in [0.29, 0.717) is 19.6 Å². The molecule has 1 rings (SSSR count). The molecule has 4 nitrogen and oxygen atoms in total. The maximum atomic E-state index is 11.0. The number of allylic oxidation sites excluding steroid dienone is 1. The van der Waals surface area contributed by atoms with Crippen molar-refractivity contribution < 1.29 is 19.4 Å². The molecule has 0 aromatic heterocycles. The fourth-order valence-corrected chi connectivity index (χ4v) is 2.30. The van der Waals surface area contributed by atoms with Gasteiger partial charge in [-0.25, -0.2) is 0 Å². The van der Waals surface area contributed by atoms with E-state index in [1.165, 1.54) is 0 Å². The first kappa shape index (κ1) is 20.4. The molecule has 1 aromatic rings. The van der Waals surface area contributed by atoms with Gasteiger partial charge in [0.15, 0.2) is 6.29 Å². The van der Waals surface area contributed by atoms with Gasteiger partial charge in [-0.05, 0) is 52.5 Å². The van der Waals surface area contributed by atoms with Gasteiger partial charge >= 0.3 is 5.97 Å². The van der Waals surface area contributed by atoms with Gasteiger partial charge in [-0.1, -0.05) is 36.4 Å². The molecule has 0 heterocycles. The number of hydrogen-bond donors (Lipinski definition) is 1. The predicted molar refractivity (Wildman–Crippen MR) is 96.7 cm³/mol. The van der Waals surface area contributed by atoms with E-state index in [9.17, 15) is 4.79 Å². The number of carboxylic acids is 1. The second-order valence-electron chi connectivity index (χ2n) is 6.39. The van der Waals surface area contributed by atoms with Crippen LogP contribution in [0.5, 0.6) is 0 Å². The van der Waals surface area contributed by atoms with Gasteiger partial charge in [-0.2, -0.15) is 0 Å². The average molecular weight is 334 g/mol. The van der Waals surface area contributed by atoms with Crippen molar-refractivity contribution in [3.8, 4) is 0 Å². The molecule has 24 heavy (non-hydrogen) atoms. The highest BCUT2D eigenvalue weighted by atomic mass is 16.7. The summed E-state index contributed by atoms with van der Waals surface area (Å²) in [7, 11) is 0. The zero-order chi connectivity index (χ0) is 18.0. The molecule has 0 amide bonds. The predicted octanol–water partition coefficient (Wildman–Crippen LogP) is 5.05. The molecule has 0 aliphatic rings. The van der Waals surface area contributed by atoms with Crippen molar-refractivity contribution in [3.63, 3.8) is 0 Å². The van der Waals surface area contributed by atoms with Gasteiger partial charge < -0.3 is 14.6 Å². The minimum atomic E-state index is -0.736. The third-order valence-electron chi connectivity index (χ3n) is 3.91. The van der Waals surface area contributed by atoms with Crippen LogP contribution in [-0.4, -0.2) is 24.3 Å². The van der Waals surface area contributed by atoms with E-state index in [4.69, 9.17) is 14.6 Å². The number of aliphatic carboxylic acids is 1. The van der Waals surface area contributed by atoms with E-state index in [0.717, 1.165) is 24.0 Å². The summed E-state index contributed by atoms with van der Waals surface area (Å²) in [6, 6.07) is 8.11. The van der Waals surface area contributed by atoms with Crippen LogP contribution in [0.1, 0.15) is 64.4 Å². The minimum absolute atomic E-state index is 0.309. The number of hydrogen-bond acceptors (Lipinski definition) is 3. The maximum Gasteiger partial charge on any atom is 0.309 e. The summed E-state index contributed by atoms with van der Waals surface area (Å²) in [4.78, 5) is 11.0. The number of carboxylic acid groups (broad SMARTS) is 1. The number of unbranched alkanes of at least 4 members (excludes halogenated alkanes) is 1. The largest absolute Gasteiger partial charge is 0.481 e. The first-order valence-corrected chi connectivity index (χ1v) is 8.63. The summed E-state index contributed by atoms with van der Waals surface area (Å²) in [5.41, 5.74) is 1.48. The van der Waals surface area contributed by atoms with Gasteiger partial charge in [-0.3, -0.25) is 4.79 Å². The van der Waals surface area contributed by atoms with Crippen LogP contribution in [0.2, 0.25) is 0 Å². The second-order valence-corrected chi connectivity index (χ2v) is 6.39. The molecule has 0 aliphatic carbocycles. The Morgan fingerprint density at radius 1 is 1.17 bits per heavy atom. The first-order chi connectivity index (χ1) is 11.4. The van der Waals surface area contributed by atoms with Crippen molar-refractivity contribution in [3.05, 3.63) is 41.5 Å². The highest BCUT2D eigenvalue weighted by molar-refractivity contribution is 5.73. The van der Waals surface area contributed by atoms with Crippen molar-refractivity contribution in [1.82, 2.24) is 0 Å². The molecule has 0 radical (unpaired) electrons. The normalized spacial score (nSPS) is 12.2. The van der Waals surface area contributed by atoms with Gasteiger partial charge in [0.05, 0.1) is 5.41 Å². The number of rotatable bonds is 11. The molecular formula is C20H30O4. The molecule has 134 valence electrons. The van der Waals surface area contributed by atoms with E-state index >= 15 is 0 Å². The SMILES string of the molecule is CCOC(OCC)c1ccc(/C=C/CCCC(C)(C)C(=O)O)cc1. The van der Waals surface area contributed by atoms with Crippen LogP contribution < -0.4 is 0 Å². The van der Waals surface area contributed by atoms with Gasteiger partial charge in [0, 0.05) is 18.8 Å². The van der Waals surface area contributed by atoms with E-state index in [2.05, 4.69) is 12.2 Å². The zero-order valence-corrected chi connectivity index (χ0v) is 15.2. The van der Waals surface area contributed by atoms with E-state index in [-0.39, 0.29) is 6.29 Å². The van der Waals surface area contributed by atoms with Crippen molar-refractivity contribution in [1.29, 1.82) is 0 Å². The Morgan fingerprint density at radius 2 is 1.75 bits per heavy atom. The monoisotopic (exact) mass is 334 g/mol. The van der Waals surface area contributed by atoms with E-state index in [1.807, 2.05) is 38.1 Å². The highest BCUT2D eigenvalue weighted by Crippen LogP contribution is 2.24. The Bertz CT molecular complexity index is 511. The van der Waals surface area contributed by atoms with Crippen molar-refractivity contribution >= 4 is 12.0 Å². The summed E-state index contributed by atoms with van der Waals surface area (Å²) in [6.45, 7) is 8.66. The lowest BCUT2D eigenvalue weighted by molar-refractivity contribution is -0.147. The standard InChI is InChI=1S/C20H30O4/c1-5-23-18(24-6-2)17-13-11-16(12-14-17)10-8-7-9-15-20(3,4)19(21)22/h8,10-14,18H,5-7,9,15H2,1-4H3,(H,21,22)/b10-8+. The van der Waals surface area contributed by atoms with Crippen LogP contribution in [0.4, 0.5) is 0 Å². The quantitative estimate of drug-likeness (QED) is 0.454. The van der Waals surface area contributed by atoms with Gasteiger partial charge in [0.1, 0.15) is 0 Å². The second kappa shape index (κ2) is 10.3. The molecule has 0 saturated carbocycles. The fourth-order valence-electron chi connectivity index (χ4n) is 2.30. The molecule has 0 fully saturated rings. The summed E-state index contributed by atoms with van der Waals surface area (Å²) < 4.78 is 11.2. The Morgan fingerprint density at radius 3 is 2.25 bits per heavy atom. The van der Waals surface area contributed by atoms with Crippen LogP contribution in [0.25, 0.3) is 6.08 Å².